The number of methoxy groups -OCH3 is 1. The Hall–Kier alpha value is -0.200. The molecule has 0 aromatic heterocycles. The van der Waals surface area contributed by atoms with Gasteiger partial charge >= 0.3 is 0 Å². The van der Waals surface area contributed by atoms with Crippen LogP contribution in [0.15, 0.2) is 0 Å². The Morgan fingerprint density at radius 2 is 2.29 bits per heavy atom. The summed E-state index contributed by atoms with van der Waals surface area (Å²) in [7, 11) is 1.64. The van der Waals surface area contributed by atoms with E-state index in [1.165, 1.54) is 0 Å². The number of morpholine rings is 1. The lowest BCUT2D eigenvalue weighted by Crippen LogP contribution is -2.51. The molecule has 1 heterocycles. The lowest BCUT2D eigenvalue weighted by Gasteiger charge is -2.36. The van der Waals surface area contributed by atoms with Crippen molar-refractivity contribution in [1.29, 1.82) is 0 Å². The topological polar surface area (TPSA) is 54.0 Å². The van der Waals surface area contributed by atoms with Crippen LogP contribution in [0, 0.1) is 0 Å². The second-order valence-corrected chi connectivity index (χ2v) is 4.82. The molecule has 0 spiro atoms. The van der Waals surface area contributed by atoms with Crippen LogP contribution in [0.3, 0.4) is 0 Å². The molecule has 0 bridgehead atoms. The first-order chi connectivity index (χ1) is 8.17. The van der Waals surface area contributed by atoms with Crippen molar-refractivity contribution >= 4 is 0 Å². The molecule has 1 aliphatic rings. The average Bonchev–Trinajstić information content (AvgIpc) is 2.34. The maximum Gasteiger partial charge on any atom is 0.0826 e. The number of ether oxygens (including phenoxy) is 2. The molecule has 102 valence electrons. The molecule has 0 amide bonds. The van der Waals surface area contributed by atoms with Gasteiger partial charge in [0.1, 0.15) is 0 Å². The number of aliphatic hydroxyl groups excluding tert-OH is 1. The molecule has 0 aromatic carbocycles. The smallest absolute Gasteiger partial charge is 0.0826 e. The third kappa shape index (κ3) is 5.31. The maximum absolute atomic E-state index is 9.13. The Balaban J connectivity index is 2.26. The summed E-state index contributed by atoms with van der Waals surface area (Å²) in [5, 5.41) is 12.4. The monoisotopic (exact) mass is 246 g/mol. The molecule has 2 unspecified atom stereocenters. The Morgan fingerprint density at radius 3 is 2.88 bits per heavy atom. The second kappa shape index (κ2) is 8.00. The van der Waals surface area contributed by atoms with Gasteiger partial charge in [-0.2, -0.15) is 0 Å². The van der Waals surface area contributed by atoms with Gasteiger partial charge in [-0.1, -0.05) is 0 Å². The summed E-state index contributed by atoms with van der Waals surface area (Å²) in [5.74, 6) is 0. The summed E-state index contributed by atoms with van der Waals surface area (Å²) in [6, 6.07) is 0.562. The summed E-state index contributed by atoms with van der Waals surface area (Å²) in [6.45, 7) is 8.54. The van der Waals surface area contributed by atoms with Crippen LogP contribution < -0.4 is 5.32 Å². The van der Waals surface area contributed by atoms with Gasteiger partial charge in [-0.05, 0) is 13.8 Å². The van der Waals surface area contributed by atoms with E-state index in [0.717, 1.165) is 26.2 Å². The van der Waals surface area contributed by atoms with Gasteiger partial charge in [-0.25, -0.2) is 0 Å². The van der Waals surface area contributed by atoms with Crippen molar-refractivity contribution in [2.24, 2.45) is 0 Å². The van der Waals surface area contributed by atoms with Crippen molar-refractivity contribution < 1.29 is 14.6 Å². The Morgan fingerprint density at radius 1 is 1.53 bits per heavy atom. The normalized spacial score (nSPS) is 24.2. The summed E-state index contributed by atoms with van der Waals surface area (Å²) in [6.07, 6.45) is 0.206. The van der Waals surface area contributed by atoms with Crippen LogP contribution >= 0.6 is 0 Å². The van der Waals surface area contributed by atoms with Gasteiger partial charge in [0.05, 0.1) is 32.0 Å². The molecule has 0 aromatic rings. The van der Waals surface area contributed by atoms with E-state index in [4.69, 9.17) is 14.6 Å². The summed E-state index contributed by atoms with van der Waals surface area (Å²) in [4.78, 5) is 2.42. The summed E-state index contributed by atoms with van der Waals surface area (Å²) in [5.41, 5.74) is 0. The van der Waals surface area contributed by atoms with E-state index in [1.807, 2.05) is 0 Å². The second-order valence-electron chi connectivity index (χ2n) is 4.82. The minimum absolute atomic E-state index is 0.00183. The van der Waals surface area contributed by atoms with Crippen LogP contribution in [0.2, 0.25) is 0 Å². The molecule has 0 aliphatic carbocycles. The van der Waals surface area contributed by atoms with Crippen LogP contribution in [0.4, 0.5) is 0 Å². The number of hydrogen-bond acceptors (Lipinski definition) is 5. The number of hydrogen-bond donors (Lipinski definition) is 2. The fraction of sp³-hybridized carbons (Fsp3) is 1.00. The van der Waals surface area contributed by atoms with E-state index in [2.05, 4.69) is 24.1 Å². The van der Waals surface area contributed by atoms with E-state index in [-0.39, 0.29) is 18.8 Å². The molecule has 5 heteroatoms. The van der Waals surface area contributed by atoms with Crippen molar-refractivity contribution in [3.63, 3.8) is 0 Å². The van der Waals surface area contributed by atoms with Crippen LogP contribution in [0.25, 0.3) is 0 Å². The first-order valence-electron chi connectivity index (χ1n) is 6.36. The Bertz CT molecular complexity index is 202. The molecule has 1 fully saturated rings. The van der Waals surface area contributed by atoms with E-state index in [9.17, 15) is 0 Å². The molecule has 17 heavy (non-hydrogen) atoms. The molecular formula is C12H26N2O3. The fourth-order valence-electron chi connectivity index (χ4n) is 2.01. The largest absolute Gasteiger partial charge is 0.395 e. The van der Waals surface area contributed by atoms with Gasteiger partial charge in [0, 0.05) is 32.8 Å². The Kier molecular flexibility index (Phi) is 6.99. The van der Waals surface area contributed by atoms with E-state index in [0.29, 0.717) is 12.6 Å². The fourth-order valence-corrected chi connectivity index (χ4v) is 2.01. The first-order valence-corrected chi connectivity index (χ1v) is 6.36. The van der Waals surface area contributed by atoms with Crippen molar-refractivity contribution in [2.75, 3.05) is 46.6 Å². The molecule has 2 N–H and O–H groups in total. The third-order valence-corrected chi connectivity index (χ3v) is 3.12. The van der Waals surface area contributed by atoms with E-state index >= 15 is 0 Å². The molecule has 1 saturated heterocycles. The van der Waals surface area contributed by atoms with Gasteiger partial charge in [-0.15, -0.1) is 0 Å². The standard InChI is InChI=1S/C12H26N2O3/c1-10(2)14-4-5-17-12(7-14)6-13-11(8-15)9-16-3/h10-13,15H,4-9H2,1-3H3. The zero-order chi connectivity index (χ0) is 12.7. The van der Waals surface area contributed by atoms with Gasteiger partial charge in [0.15, 0.2) is 0 Å². The predicted octanol–water partition coefficient (Wildman–Crippen LogP) is -0.307. The van der Waals surface area contributed by atoms with Crippen molar-refractivity contribution in [2.45, 2.75) is 32.0 Å². The van der Waals surface area contributed by atoms with Crippen molar-refractivity contribution in [1.82, 2.24) is 10.2 Å². The minimum Gasteiger partial charge on any atom is -0.395 e. The van der Waals surface area contributed by atoms with Crippen LogP contribution in [0.1, 0.15) is 13.8 Å². The zero-order valence-corrected chi connectivity index (χ0v) is 11.2. The van der Waals surface area contributed by atoms with Gasteiger partial charge in [0.2, 0.25) is 0 Å². The number of aliphatic hydroxyl groups is 1. The van der Waals surface area contributed by atoms with Crippen LogP contribution in [-0.4, -0.2) is 74.8 Å². The molecule has 0 saturated carbocycles. The lowest BCUT2D eigenvalue weighted by molar-refractivity contribution is -0.0397. The Labute approximate surface area is 104 Å². The SMILES string of the molecule is COCC(CO)NCC1CN(C(C)C)CCO1. The van der Waals surface area contributed by atoms with E-state index < -0.39 is 0 Å². The quantitative estimate of drug-likeness (QED) is 0.645. The molecule has 1 aliphatic heterocycles. The zero-order valence-electron chi connectivity index (χ0n) is 11.2. The van der Waals surface area contributed by atoms with Crippen molar-refractivity contribution in [3.8, 4) is 0 Å². The highest BCUT2D eigenvalue weighted by Gasteiger charge is 2.22. The molecule has 5 nitrogen and oxygen atoms in total. The van der Waals surface area contributed by atoms with E-state index in [1.54, 1.807) is 7.11 Å². The molecular weight excluding hydrogens is 220 g/mol. The third-order valence-electron chi connectivity index (χ3n) is 3.12. The predicted molar refractivity (Wildman–Crippen MR) is 67.2 cm³/mol. The number of nitrogens with one attached hydrogen (secondary N) is 1. The van der Waals surface area contributed by atoms with Crippen molar-refractivity contribution in [3.05, 3.63) is 0 Å². The molecule has 1 rings (SSSR count). The highest BCUT2D eigenvalue weighted by Crippen LogP contribution is 2.08. The average molecular weight is 246 g/mol. The first kappa shape index (κ1) is 14.9. The summed E-state index contributed by atoms with van der Waals surface area (Å²) < 4.78 is 10.7. The lowest BCUT2D eigenvalue weighted by atomic mass is 10.2. The highest BCUT2D eigenvalue weighted by atomic mass is 16.5. The highest BCUT2D eigenvalue weighted by molar-refractivity contribution is 4.77. The maximum atomic E-state index is 9.13. The molecule has 0 radical (unpaired) electrons. The summed E-state index contributed by atoms with van der Waals surface area (Å²) >= 11 is 0. The van der Waals surface area contributed by atoms with Gasteiger partial charge in [0.25, 0.3) is 0 Å². The van der Waals surface area contributed by atoms with Gasteiger partial charge in [-0.3, -0.25) is 4.90 Å². The number of nitrogens with zero attached hydrogens (tertiary/aromatic N) is 1. The van der Waals surface area contributed by atoms with Gasteiger partial charge < -0.3 is 19.9 Å². The minimum atomic E-state index is -0.00183. The van der Waals surface area contributed by atoms with Crippen LogP contribution in [0.5, 0.6) is 0 Å². The van der Waals surface area contributed by atoms with Crippen LogP contribution in [-0.2, 0) is 9.47 Å². The molecule has 2 atom stereocenters. The number of rotatable bonds is 7.